The van der Waals surface area contributed by atoms with Crippen LogP contribution in [-0.4, -0.2) is 0 Å². The van der Waals surface area contributed by atoms with E-state index in [-0.39, 0.29) is 0 Å². The highest BCUT2D eigenvalue weighted by Crippen LogP contribution is 2.44. The highest BCUT2D eigenvalue weighted by Gasteiger charge is 2.20. The van der Waals surface area contributed by atoms with Crippen LogP contribution in [0.25, 0.3) is 88.6 Å². The standard InChI is InChI=1S/C52H36O2/c1-3-34-16-8-9-17-37(34)33(2)38-18-6-4-5-7-19-39(41-21-11-10-20-40(38)41)35-26-28-36(29-27-35)46-32-47-43(50-45-23-13-15-25-49(45)54-52(46)50)30-31-44-42-22-12-14-24-48(42)53-51(44)47/h3,6-32H,1-2,4-5H2/b18-6+,19-7+,40-38+,41-39+. The lowest BCUT2D eigenvalue weighted by atomic mass is 9.90. The number of benzene rings is 7. The Bertz CT molecular complexity index is 3180. The summed E-state index contributed by atoms with van der Waals surface area (Å²) in [5.74, 6) is 0. The third-order valence-corrected chi connectivity index (χ3v) is 10.9. The normalized spacial score (nSPS) is 16.5. The summed E-state index contributed by atoms with van der Waals surface area (Å²) in [4.78, 5) is 0. The third kappa shape index (κ3) is 5.10. The number of hydrogen-bond donors (Lipinski definition) is 0. The lowest BCUT2D eigenvalue weighted by molar-refractivity contribution is 0.670. The Morgan fingerprint density at radius 2 is 1.17 bits per heavy atom. The molecule has 1 aliphatic rings. The van der Waals surface area contributed by atoms with Crippen LogP contribution < -0.4 is 10.4 Å². The molecule has 2 heterocycles. The fraction of sp³-hybridized carbons (Fsp3) is 0.0385. The van der Waals surface area contributed by atoms with Gasteiger partial charge in [0.2, 0.25) is 0 Å². The molecule has 0 unspecified atom stereocenters. The second-order valence-electron chi connectivity index (χ2n) is 14.0. The van der Waals surface area contributed by atoms with Gasteiger partial charge in [-0.05, 0) is 91.9 Å². The second kappa shape index (κ2) is 12.9. The average Bonchev–Trinajstić information content (AvgIpc) is 3.81. The van der Waals surface area contributed by atoms with Gasteiger partial charge in [-0.25, -0.2) is 0 Å². The maximum absolute atomic E-state index is 6.68. The Morgan fingerprint density at radius 3 is 1.98 bits per heavy atom. The van der Waals surface area contributed by atoms with Gasteiger partial charge in [0.05, 0.1) is 0 Å². The SMILES string of the molecule is C=Cc1ccccc1C(=C)C1=c2\cccc\c2=C(c2ccc(-c3cc4c(ccc5c6ccccc6oc54)c4c3oc3ccccc34)cc2)\C=C\CC\C=C\1. The van der Waals surface area contributed by atoms with Crippen molar-refractivity contribution in [3.8, 4) is 11.1 Å². The second-order valence-corrected chi connectivity index (χ2v) is 14.0. The monoisotopic (exact) mass is 692 g/mol. The minimum atomic E-state index is 0.875. The minimum absolute atomic E-state index is 0.875. The predicted molar refractivity (Wildman–Crippen MR) is 229 cm³/mol. The summed E-state index contributed by atoms with van der Waals surface area (Å²) in [5.41, 5.74) is 12.3. The first kappa shape index (κ1) is 31.8. The van der Waals surface area contributed by atoms with E-state index in [0.717, 1.165) is 117 Å². The van der Waals surface area contributed by atoms with Gasteiger partial charge in [-0.3, -0.25) is 0 Å². The van der Waals surface area contributed by atoms with E-state index in [4.69, 9.17) is 8.83 Å². The molecule has 2 nitrogen and oxygen atoms in total. The number of fused-ring (bicyclic) bond motifs is 10. The van der Waals surface area contributed by atoms with Crippen LogP contribution in [0.1, 0.15) is 29.5 Å². The van der Waals surface area contributed by atoms with Crippen LogP contribution >= 0.6 is 0 Å². The Labute approximate surface area is 313 Å². The molecule has 2 heteroatoms. The number of furan rings is 2. The van der Waals surface area contributed by atoms with Crippen molar-refractivity contribution in [1.29, 1.82) is 0 Å². The molecule has 256 valence electrons. The van der Waals surface area contributed by atoms with Crippen LogP contribution in [0.15, 0.2) is 186 Å². The fourth-order valence-electron chi connectivity index (χ4n) is 8.26. The maximum atomic E-state index is 6.68. The molecule has 54 heavy (non-hydrogen) atoms. The molecular weight excluding hydrogens is 657 g/mol. The molecule has 0 radical (unpaired) electrons. The van der Waals surface area contributed by atoms with Crippen molar-refractivity contribution < 1.29 is 8.83 Å². The number of hydrogen-bond acceptors (Lipinski definition) is 2. The fourth-order valence-corrected chi connectivity index (χ4v) is 8.26. The molecule has 0 spiro atoms. The number of rotatable bonds is 5. The molecule has 10 rings (SSSR count). The first-order valence-corrected chi connectivity index (χ1v) is 18.5. The zero-order valence-corrected chi connectivity index (χ0v) is 29.8. The Hall–Kier alpha value is -6.90. The summed E-state index contributed by atoms with van der Waals surface area (Å²) in [6, 6.07) is 49.3. The average molecular weight is 693 g/mol. The van der Waals surface area contributed by atoms with Crippen molar-refractivity contribution in [2.75, 3.05) is 0 Å². The van der Waals surface area contributed by atoms with Gasteiger partial charge in [0.25, 0.3) is 0 Å². The Morgan fingerprint density at radius 1 is 0.537 bits per heavy atom. The van der Waals surface area contributed by atoms with E-state index in [1.807, 2.05) is 30.3 Å². The zero-order valence-electron chi connectivity index (χ0n) is 29.8. The molecule has 0 saturated carbocycles. The first-order valence-electron chi connectivity index (χ1n) is 18.5. The van der Waals surface area contributed by atoms with Crippen molar-refractivity contribution in [1.82, 2.24) is 0 Å². The lowest BCUT2D eigenvalue weighted by Crippen LogP contribution is -2.29. The van der Waals surface area contributed by atoms with E-state index in [1.165, 1.54) is 5.57 Å². The van der Waals surface area contributed by atoms with Gasteiger partial charge < -0.3 is 8.83 Å². The summed E-state index contributed by atoms with van der Waals surface area (Å²) >= 11 is 0. The topological polar surface area (TPSA) is 26.3 Å². The molecule has 0 N–H and O–H groups in total. The first-order chi connectivity index (χ1) is 26.7. The van der Waals surface area contributed by atoms with E-state index in [0.29, 0.717) is 0 Å². The van der Waals surface area contributed by atoms with E-state index in [1.54, 1.807) is 0 Å². The third-order valence-electron chi connectivity index (χ3n) is 10.9. The molecule has 0 aliphatic heterocycles. The largest absolute Gasteiger partial charge is 0.455 e. The van der Waals surface area contributed by atoms with Crippen LogP contribution in [0.3, 0.4) is 0 Å². The maximum Gasteiger partial charge on any atom is 0.143 e. The van der Waals surface area contributed by atoms with Crippen LogP contribution in [0.5, 0.6) is 0 Å². The molecule has 0 amide bonds. The van der Waals surface area contributed by atoms with E-state index >= 15 is 0 Å². The summed E-state index contributed by atoms with van der Waals surface area (Å²) in [6.45, 7) is 8.72. The molecule has 0 atom stereocenters. The molecule has 0 fully saturated rings. The summed E-state index contributed by atoms with van der Waals surface area (Å²) in [6.07, 6.45) is 12.9. The van der Waals surface area contributed by atoms with E-state index < -0.39 is 0 Å². The zero-order chi connectivity index (χ0) is 36.2. The highest BCUT2D eigenvalue weighted by atomic mass is 16.3. The van der Waals surface area contributed by atoms with Crippen LogP contribution in [-0.2, 0) is 0 Å². The number of allylic oxidation sites excluding steroid dienone is 5. The van der Waals surface area contributed by atoms with Gasteiger partial charge in [-0.2, -0.15) is 0 Å². The van der Waals surface area contributed by atoms with Gasteiger partial charge in [0.15, 0.2) is 0 Å². The van der Waals surface area contributed by atoms with Crippen molar-refractivity contribution >= 4 is 77.4 Å². The quantitative estimate of drug-likeness (QED) is 0.179. The van der Waals surface area contributed by atoms with Gasteiger partial charge in [0.1, 0.15) is 22.3 Å². The Balaban J connectivity index is 1.20. The van der Waals surface area contributed by atoms with Gasteiger partial charge >= 0.3 is 0 Å². The minimum Gasteiger partial charge on any atom is -0.455 e. The van der Waals surface area contributed by atoms with Crippen molar-refractivity contribution in [2.24, 2.45) is 0 Å². The van der Waals surface area contributed by atoms with Gasteiger partial charge in [-0.15, -0.1) is 0 Å². The molecule has 0 bridgehead atoms. The number of para-hydroxylation sites is 2. The Kier molecular flexibility index (Phi) is 7.63. The van der Waals surface area contributed by atoms with Gasteiger partial charge in [0, 0.05) is 32.5 Å². The van der Waals surface area contributed by atoms with Gasteiger partial charge in [-0.1, -0.05) is 159 Å². The van der Waals surface area contributed by atoms with E-state index in [9.17, 15) is 0 Å². The molecule has 7 aromatic carbocycles. The summed E-state index contributed by atoms with van der Waals surface area (Å²) in [7, 11) is 0. The van der Waals surface area contributed by atoms with Crippen molar-refractivity contribution in [2.45, 2.75) is 12.8 Å². The van der Waals surface area contributed by atoms with Crippen molar-refractivity contribution in [3.63, 3.8) is 0 Å². The highest BCUT2D eigenvalue weighted by molar-refractivity contribution is 6.27. The molecule has 9 aromatic rings. The summed E-state index contributed by atoms with van der Waals surface area (Å²) < 4.78 is 13.3. The van der Waals surface area contributed by atoms with Crippen LogP contribution in [0.4, 0.5) is 0 Å². The smallest absolute Gasteiger partial charge is 0.143 e. The lowest BCUT2D eigenvalue weighted by Gasteiger charge is -2.14. The molecule has 0 saturated heterocycles. The molecular formula is C52H36O2. The summed E-state index contributed by atoms with van der Waals surface area (Å²) in [5, 5.41) is 8.97. The van der Waals surface area contributed by atoms with E-state index in [2.05, 4.69) is 153 Å². The predicted octanol–water partition coefficient (Wildman–Crippen LogP) is 12.9. The van der Waals surface area contributed by atoms with Crippen LogP contribution in [0, 0.1) is 0 Å². The van der Waals surface area contributed by atoms with Crippen LogP contribution in [0.2, 0.25) is 0 Å². The van der Waals surface area contributed by atoms with Crippen molar-refractivity contribution in [3.05, 3.63) is 204 Å². The molecule has 1 aliphatic carbocycles. The molecule has 2 aromatic heterocycles.